The Morgan fingerprint density at radius 3 is 2.57 bits per heavy atom. The molecule has 0 heterocycles. The van der Waals surface area contributed by atoms with E-state index in [4.69, 9.17) is 5.26 Å². The van der Waals surface area contributed by atoms with Crippen molar-refractivity contribution >= 4 is 21.6 Å². The molecule has 5 heteroatoms. The number of nitrogens with zero attached hydrogens (tertiary/aromatic N) is 1. The summed E-state index contributed by atoms with van der Waals surface area (Å²) in [4.78, 5) is 0. The van der Waals surface area contributed by atoms with Crippen molar-refractivity contribution in [2.75, 3.05) is 5.32 Å². The molecule has 0 fully saturated rings. The maximum absolute atomic E-state index is 14.0. The Hall–Kier alpha value is -1.93. The quantitative estimate of drug-likeness (QED) is 0.837. The van der Waals surface area contributed by atoms with Crippen LogP contribution in [0.1, 0.15) is 29.7 Å². The monoisotopic (exact) mass is 350 g/mol. The molecule has 0 spiro atoms. The molecule has 2 rings (SSSR count). The highest BCUT2D eigenvalue weighted by Crippen LogP contribution is 2.27. The number of aryl methyl sites for hydroxylation is 1. The first-order valence-corrected chi connectivity index (χ1v) is 7.13. The molecule has 1 atom stereocenters. The van der Waals surface area contributed by atoms with Gasteiger partial charge in [-0.2, -0.15) is 5.26 Å². The molecule has 2 aromatic rings. The van der Waals surface area contributed by atoms with Crippen molar-refractivity contribution in [3.05, 3.63) is 63.1 Å². The average molecular weight is 351 g/mol. The lowest BCUT2D eigenvalue weighted by Crippen LogP contribution is -2.10. The Morgan fingerprint density at radius 2 is 1.90 bits per heavy atom. The summed E-state index contributed by atoms with van der Waals surface area (Å²) >= 11 is 3.32. The summed E-state index contributed by atoms with van der Waals surface area (Å²) in [6.07, 6.45) is 0. The topological polar surface area (TPSA) is 35.8 Å². The van der Waals surface area contributed by atoms with E-state index in [0.717, 1.165) is 4.47 Å². The molecule has 0 aliphatic heterocycles. The summed E-state index contributed by atoms with van der Waals surface area (Å²) in [7, 11) is 0. The first-order valence-electron chi connectivity index (χ1n) is 6.34. The van der Waals surface area contributed by atoms with Crippen LogP contribution in [-0.4, -0.2) is 0 Å². The van der Waals surface area contributed by atoms with Gasteiger partial charge in [-0.25, -0.2) is 8.78 Å². The summed E-state index contributed by atoms with van der Waals surface area (Å²) in [5.41, 5.74) is 1.50. The lowest BCUT2D eigenvalue weighted by Gasteiger charge is -2.18. The average Bonchev–Trinajstić information content (AvgIpc) is 2.43. The van der Waals surface area contributed by atoms with Crippen LogP contribution >= 0.6 is 15.9 Å². The van der Waals surface area contributed by atoms with E-state index in [2.05, 4.69) is 27.3 Å². The first-order chi connectivity index (χ1) is 9.92. The minimum atomic E-state index is -0.471. The predicted octanol–water partition coefficient (Wildman–Crippen LogP) is 5.08. The van der Waals surface area contributed by atoms with Crippen molar-refractivity contribution in [2.24, 2.45) is 0 Å². The second kappa shape index (κ2) is 6.23. The zero-order valence-corrected chi connectivity index (χ0v) is 13.1. The van der Waals surface area contributed by atoms with Crippen LogP contribution in [0.2, 0.25) is 0 Å². The zero-order valence-electron chi connectivity index (χ0n) is 11.5. The van der Waals surface area contributed by atoms with Crippen molar-refractivity contribution in [3.8, 4) is 6.07 Å². The van der Waals surface area contributed by atoms with Crippen molar-refractivity contribution < 1.29 is 8.78 Å². The highest BCUT2D eigenvalue weighted by molar-refractivity contribution is 9.10. The van der Waals surface area contributed by atoms with E-state index in [1.807, 2.05) is 0 Å². The first kappa shape index (κ1) is 15.5. The van der Waals surface area contributed by atoms with Crippen LogP contribution in [0.5, 0.6) is 0 Å². The highest BCUT2D eigenvalue weighted by atomic mass is 79.9. The number of hydrogen-bond acceptors (Lipinski definition) is 2. The van der Waals surface area contributed by atoms with E-state index in [1.165, 1.54) is 19.1 Å². The summed E-state index contributed by atoms with van der Waals surface area (Å²) in [6, 6.07) is 9.10. The molecule has 0 radical (unpaired) electrons. The molecule has 0 saturated carbocycles. The predicted molar refractivity (Wildman–Crippen MR) is 82.0 cm³/mol. The minimum absolute atomic E-state index is 0.224. The Morgan fingerprint density at radius 1 is 1.19 bits per heavy atom. The van der Waals surface area contributed by atoms with E-state index in [0.29, 0.717) is 11.3 Å². The van der Waals surface area contributed by atoms with Crippen molar-refractivity contribution in [1.82, 2.24) is 0 Å². The Kier molecular flexibility index (Phi) is 4.59. The molecule has 0 aliphatic rings. The van der Waals surface area contributed by atoms with E-state index in [-0.39, 0.29) is 11.1 Å². The molecule has 0 saturated heterocycles. The number of nitrogens with one attached hydrogen (secondary N) is 1. The number of hydrogen-bond donors (Lipinski definition) is 1. The Balaban J connectivity index is 2.35. The second-order valence-corrected chi connectivity index (χ2v) is 5.71. The van der Waals surface area contributed by atoms with Gasteiger partial charge in [0.2, 0.25) is 0 Å². The van der Waals surface area contributed by atoms with Crippen LogP contribution in [0.25, 0.3) is 0 Å². The van der Waals surface area contributed by atoms with Gasteiger partial charge >= 0.3 is 0 Å². The van der Waals surface area contributed by atoms with Gasteiger partial charge in [-0.3, -0.25) is 0 Å². The van der Waals surface area contributed by atoms with Gasteiger partial charge in [0.1, 0.15) is 17.7 Å². The lowest BCUT2D eigenvalue weighted by molar-refractivity contribution is 0.571. The fraction of sp³-hybridized carbons (Fsp3) is 0.188. The van der Waals surface area contributed by atoms with E-state index in [1.54, 1.807) is 25.1 Å². The highest BCUT2D eigenvalue weighted by Gasteiger charge is 2.15. The zero-order chi connectivity index (χ0) is 15.6. The normalized spacial score (nSPS) is 11.8. The van der Waals surface area contributed by atoms with Gasteiger partial charge in [0.25, 0.3) is 0 Å². The largest absolute Gasteiger partial charge is 0.377 e. The third kappa shape index (κ3) is 3.40. The van der Waals surface area contributed by atoms with Crippen LogP contribution in [0, 0.1) is 29.9 Å². The molecule has 1 N–H and O–H groups in total. The van der Waals surface area contributed by atoms with Gasteiger partial charge in [0.15, 0.2) is 0 Å². The number of anilines is 1. The molecule has 21 heavy (non-hydrogen) atoms. The van der Waals surface area contributed by atoms with Crippen LogP contribution in [0.4, 0.5) is 14.5 Å². The van der Waals surface area contributed by atoms with E-state index in [9.17, 15) is 8.78 Å². The van der Waals surface area contributed by atoms with Crippen LogP contribution < -0.4 is 5.32 Å². The molecular weight excluding hydrogens is 338 g/mol. The maximum Gasteiger partial charge on any atom is 0.128 e. The smallest absolute Gasteiger partial charge is 0.128 e. The molecule has 2 nitrogen and oxygen atoms in total. The summed E-state index contributed by atoms with van der Waals surface area (Å²) < 4.78 is 28.4. The van der Waals surface area contributed by atoms with Crippen molar-refractivity contribution in [2.45, 2.75) is 19.9 Å². The number of rotatable bonds is 3. The van der Waals surface area contributed by atoms with Gasteiger partial charge in [-0.1, -0.05) is 15.9 Å². The molecule has 0 aromatic heterocycles. The Labute approximate surface area is 130 Å². The molecule has 2 aromatic carbocycles. The van der Waals surface area contributed by atoms with Gasteiger partial charge < -0.3 is 5.32 Å². The van der Waals surface area contributed by atoms with E-state index >= 15 is 0 Å². The molecule has 0 amide bonds. The van der Waals surface area contributed by atoms with Crippen molar-refractivity contribution in [3.63, 3.8) is 0 Å². The molecule has 108 valence electrons. The van der Waals surface area contributed by atoms with Crippen LogP contribution in [0.15, 0.2) is 34.8 Å². The Bertz CT molecular complexity index is 723. The summed E-state index contributed by atoms with van der Waals surface area (Å²) in [5.74, 6) is -0.919. The number of halogens is 3. The molecule has 1 unspecified atom stereocenters. The van der Waals surface area contributed by atoms with Crippen LogP contribution in [0.3, 0.4) is 0 Å². The van der Waals surface area contributed by atoms with Crippen molar-refractivity contribution in [1.29, 1.82) is 5.26 Å². The van der Waals surface area contributed by atoms with Gasteiger partial charge in [-0.05, 0) is 49.7 Å². The molecule has 0 bridgehead atoms. The molecule has 0 aliphatic carbocycles. The van der Waals surface area contributed by atoms with Gasteiger partial charge in [0, 0.05) is 10.0 Å². The third-order valence-corrected chi connectivity index (χ3v) is 3.71. The van der Waals surface area contributed by atoms with Crippen LogP contribution in [-0.2, 0) is 0 Å². The third-order valence-electron chi connectivity index (χ3n) is 3.22. The van der Waals surface area contributed by atoms with E-state index < -0.39 is 17.7 Å². The van der Waals surface area contributed by atoms with Gasteiger partial charge in [-0.15, -0.1) is 0 Å². The minimum Gasteiger partial charge on any atom is -0.377 e. The number of benzene rings is 2. The fourth-order valence-electron chi connectivity index (χ4n) is 2.04. The number of nitriles is 1. The molecular formula is C16H13BrF2N2. The second-order valence-electron chi connectivity index (χ2n) is 4.79. The standard InChI is InChI=1S/C16H13BrF2N2/c1-9-5-15(19)13(7-14(9)18)10(2)21-16-6-12(17)4-3-11(16)8-20/h3-7,10,21H,1-2H3. The maximum atomic E-state index is 14.0. The summed E-state index contributed by atoms with van der Waals surface area (Å²) in [5, 5.41) is 12.1. The lowest BCUT2D eigenvalue weighted by atomic mass is 10.0. The summed E-state index contributed by atoms with van der Waals surface area (Å²) in [6.45, 7) is 3.23. The fourth-order valence-corrected chi connectivity index (χ4v) is 2.40. The SMILES string of the molecule is Cc1cc(F)c(C(C)Nc2cc(Br)ccc2C#N)cc1F. The van der Waals surface area contributed by atoms with Gasteiger partial charge in [0.05, 0.1) is 17.3 Å².